The molecular weight excluding hydrogens is 476 g/mol. The van der Waals surface area contributed by atoms with Gasteiger partial charge in [-0.2, -0.15) is 0 Å². The molecule has 194 valence electrons. The highest BCUT2D eigenvalue weighted by Gasteiger charge is 2.31. The third-order valence-corrected chi connectivity index (χ3v) is 8.04. The topological polar surface area (TPSA) is 49.4 Å². The largest absolute Gasteiger partial charge is 0.352 e. The standard InChI is InChI=1S/C32H38N2O2S/c1-25-17-19-29(20-18-25)37-22-21-31(35)34(24-27-13-7-3-8-14-27)30(23-26-11-5-2-6-12-26)32(36)33-28-15-9-4-10-16-28/h2-3,5-8,11-14,17-20,28,30H,4,9-10,15-16,21-24H2,1H3,(H,33,36)/t30-/m1/s1. The Labute approximate surface area is 225 Å². The minimum absolute atomic E-state index is 0.0168. The number of hydrogen-bond donors (Lipinski definition) is 1. The Bertz CT molecular complexity index is 1110. The van der Waals surface area contributed by atoms with Gasteiger partial charge in [0, 0.05) is 36.1 Å². The lowest BCUT2D eigenvalue weighted by Gasteiger charge is -2.33. The molecule has 0 aromatic heterocycles. The summed E-state index contributed by atoms with van der Waals surface area (Å²) in [5.74, 6) is 0.657. The summed E-state index contributed by atoms with van der Waals surface area (Å²) in [4.78, 5) is 30.5. The van der Waals surface area contributed by atoms with Gasteiger partial charge in [0.1, 0.15) is 6.04 Å². The molecule has 1 atom stereocenters. The summed E-state index contributed by atoms with van der Waals surface area (Å²) in [7, 11) is 0. The SMILES string of the molecule is Cc1ccc(SCCC(=O)N(Cc2ccccc2)[C@H](Cc2ccccc2)C(=O)NC2CCCCC2)cc1. The van der Waals surface area contributed by atoms with Crippen LogP contribution in [0.25, 0.3) is 0 Å². The van der Waals surface area contributed by atoms with Crippen LogP contribution in [0.1, 0.15) is 55.2 Å². The molecule has 0 radical (unpaired) electrons. The highest BCUT2D eigenvalue weighted by Crippen LogP contribution is 2.22. The van der Waals surface area contributed by atoms with Crippen molar-refractivity contribution in [1.29, 1.82) is 0 Å². The number of amides is 2. The van der Waals surface area contributed by atoms with Crippen molar-refractivity contribution in [1.82, 2.24) is 10.2 Å². The first-order chi connectivity index (χ1) is 18.1. The maximum atomic E-state index is 13.8. The van der Waals surface area contributed by atoms with Crippen LogP contribution in [0.2, 0.25) is 0 Å². The van der Waals surface area contributed by atoms with Gasteiger partial charge in [-0.1, -0.05) is 97.6 Å². The molecule has 0 spiro atoms. The molecule has 0 aliphatic heterocycles. The first kappa shape index (κ1) is 27.0. The lowest BCUT2D eigenvalue weighted by molar-refractivity contribution is -0.141. The van der Waals surface area contributed by atoms with E-state index in [1.807, 2.05) is 65.6 Å². The Hall–Kier alpha value is -3.05. The predicted molar refractivity (Wildman–Crippen MR) is 152 cm³/mol. The summed E-state index contributed by atoms with van der Waals surface area (Å²) in [5.41, 5.74) is 3.32. The fourth-order valence-corrected chi connectivity index (χ4v) is 5.75. The fraction of sp³-hybridized carbons (Fsp3) is 0.375. The summed E-state index contributed by atoms with van der Waals surface area (Å²) >= 11 is 1.69. The van der Waals surface area contributed by atoms with Gasteiger partial charge in [0.05, 0.1) is 0 Å². The summed E-state index contributed by atoms with van der Waals surface area (Å²) in [5, 5.41) is 3.31. The van der Waals surface area contributed by atoms with Gasteiger partial charge in [0.15, 0.2) is 0 Å². The number of carbonyl (C=O) groups excluding carboxylic acids is 2. The van der Waals surface area contributed by atoms with E-state index in [1.165, 1.54) is 12.0 Å². The quantitative estimate of drug-likeness (QED) is 0.295. The maximum absolute atomic E-state index is 13.8. The molecule has 3 aromatic rings. The number of thioether (sulfide) groups is 1. The van der Waals surface area contributed by atoms with Crippen LogP contribution in [0, 0.1) is 6.92 Å². The Balaban J connectivity index is 1.54. The van der Waals surface area contributed by atoms with E-state index in [0.29, 0.717) is 25.1 Å². The molecule has 0 saturated heterocycles. The molecule has 1 aliphatic carbocycles. The van der Waals surface area contributed by atoms with Gasteiger partial charge >= 0.3 is 0 Å². The molecule has 0 heterocycles. The molecule has 1 fully saturated rings. The average Bonchev–Trinajstić information content (AvgIpc) is 2.93. The van der Waals surface area contributed by atoms with Crippen molar-refractivity contribution in [3.05, 3.63) is 102 Å². The van der Waals surface area contributed by atoms with Crippen molar-refractivity contribution in [2.24, 2.45) is 0 Å². The molecule has 0 unspecified atom stereocenters. The van der Waals surface area contributed by atoms with Crippen molar-refractivity contribution < 1.29 is 9.59 Å². The van der Waals surface area contributed by atoms with E-state index < -0.39 is 6.04 Å². The second-order valence-electron chi connectivity index (χ2n) is 9.97. The van der Waals surface area contributed by atoms with E-state index in [9.17, 15) is 9.59 Å². The summed E-state index contributed by atoms with van der Waals surface area (Å²) < 4.78 is 0. The van der Waals surface area contributed by atoms with Gasteiger partial charge in [-0.3, -0.25) is 9.59 Å². The Morgan fingerprint density at radius 3 is 2.14 bits per heavy atom. The highest BCUT2D eigenvalue weighted by molar-refractivity contribution is 7.99. The fourth-order valence-electron chi connectivity index (χ4n) is 4.91. The number of hydrogen-bond acceptors (Lipinski definition) is 3. The van der Waals surface area contributed by atoms with E-state index in [0.717, 1.165) is 41.7 Å². The van der Waals surface area contributed by atoms with Gasteiger partial charge in [-0.25, -0.2) is 0 Å². The molecule has 3 aromatic carbocycles. The van der Waals surface area contributed by atoms with Crippen LogP contribution in [-0.4, -0.2) is 34.6 Å². The molecule has 5 heteroatoms. The van der Waals surface area contributed by atoms with Gasteiger partial charge in [-0.05, 0) is 43.0 Å². The second-order valence-corrected chi connectivity index (χ2v) is 11.1. The Morgan fingerprint density at radius 1 is 0.865 bits per heavy atom. The number of benzene rings is 3. The van der Waals surface area contributed by atoms with E-state index >= 15 is 0 Å². The average molecular weight is 515 g/mol. The van der Waals surface area contributed by atoms with Crippen LogP contribution in [-0.2, 0) is 22.6 Å². The molecular formula is C32H38N2O2S. The van der Waals surface area contributed by atoms with Crippen molar-refractivity contribution in [3.63, 3.8) is 0 Å². The lowest BCUT2D eigenvalue weighted by atomic mass is 9.94. The van der Waals surface area contributed by atoms with Crippen LogP contribution in [0.15, 0.2) is 89.8 Å². The maximum Gasteiger partial charge on any atom is 0.243 e. The smallest absolute Gasteiger partial charge is 0.243 e. The molecule has 1 aliphatic rings. The third-order valence-electron chi connectivity index (χ3n) is 7.02. The van der Waals surface area contributed by atoms with Gasteiger partial charge in [0.25, 0.3) is 0 Å². The second kappa shape index (κ2) is 14.0. The Kier molecular flexibility index (Phi) is 10.2. The Morgan fingerprint density at radius 2 is 1.49 bits per heavy atom. The summed E-state index contributed by atoms with van der Waals surface area (Å²) in [6.07, 6.45) is 6.45. The number of rotatable bonds is 11. The molecule has 4 rings (SSSR count). The number of aryl methyl sites for hydroxylation is 1. The highest BCUT2D eigenvalue weighted by atomic mass is 32.2. The van der Waals surface area contributed by atoms with Crippen LogP contribution >= 0.6 is 11.8 Å². The zero-order valence-corrected chi connectivity index (χ0v) is 22.6. The van der Waals surface area contributed by atoms with Crippen molar-refractivity contribution in [2.75, 3.05) is 5.75 Å². The molecule has 2 amide bonds. The first-order valence-electron chi connectivity index (χ1n) is 13.5. The first-order valence-corrected chi connectivity index (χ1v) is 14.4. The number of nitrogens with zero attached hydrogens (tertiary/aromatic N) is 1. The number of nitrogens with one attached hydrogen (secondary N) is 1. The van der Waals surface area contributed by atoms with Crippen LogP contribution < -0.4 is 5.32 Å². The normalized spacial score (nSPS) is 14.6. The molecule has 0 bridgehead atoms. The predicted octanol–water partition coefficient (Wildman–Crippen LogP) is 6.57. The van der Waals surface area contributed by atoms with Crippen LogP contribution in [0.5, 0.6) is 0 Å². The number of carbonyl (C=O) groups is 2. The van der Waals surface area contributed by atoms with Crippen molar-refractivity contribution in [2.45, 2.75) is 75.4 Å². The lowest BCUT2D eigenvalue weighted by Crippen LogP contribution is -2.52. The van der Waals surface area contributed by atoms with E-state index in [1.54, 1.807) is 11.8 Å². The van der Waals surface area contributed by atoms with E-state index in [2.05, 4.69) is 36.5 Å². The minimum Gasteiger partial charge on any atom is -0.352 e. The van der Waals surface area contributed by atoms with Crippen molar-refractivity contribution >= 4 is 23.6 Å². The van der Waals surface area contributed by atoms with Crippen LogP contribution in [0.4, 0.5) is 0 Å². The minimum atomic E-state index is -0.554. The monoisotopic (exact) mass is 514 g/mol. The zero-order chi connectivity index (χ0) is 25.9. The molecule has 4 nitrogen and oxygen atoms in total. The van der Waals surface area contributed by atoms with Crippen molar-refractivity contribution in [3.8, 4) is 0 Å². The van der Waals surface area contributed by atoms with Gasteiger partial charge < -0.3 is 10.2 Å². The summed E-state index contributed by atoms with van der Waals surface area (Å²) in [6.45, 7) is 2.50. The molecule has 1 N–H and O–H groups in total. The van der Waals surface area contributed by atoms with Gasteiger partial charge in [0.2, 0.25) is 11.8 Å². The zero-order valence-electron chi connectivity index (χ0n) is 21.8. The molecule has 37 heavy (non-hydrogen) atoms. The van der Waals surface area contributed by atoms with Gasteiger partial charge in [-0.15, -0.1) is 11.8 Å². The third kappa shape index (κ3) is 8.50. The van der Waals surface area contributed by atoms with E-state index in [4.69, 9.17) is 0 Å². The van der Waals surface area contributed by atoms with E-state index in [-0.39, 0.29) is 17.9 Å². The summed E-state index contributed by atoms with van der Waals surface area (Å²) in [6, 6.07) is 28.1. The molecule has 1 saturated carbocycles. The van der Waals surface area contributed by atoms with Crippen LogP contribution in [0.3, 0.4) is 0 Å².